The van der Waals surface area contributed by atoms with Gasteiger partial charge in [-0.1, -0.05) is 6.07 Å². The van der Waals surface area contributed by atoms with E-state index in [1.165, 1.54) is 11.3 Å². The SMILES string of the molecule is O=S(=O)(NCCn1cc(-c2ccco2)cn1)c1cccs1. The van der Waals surface area contributed by atoms with Crippen LogP contribution in [0.5, 0.6) is 0 Å². The predicted molar refractivity (Wildman–Crippen MR) is 79.4 cm³/mol. The van der Waals surface area contributed by atoms with Gasteiger partial charge in [0.25, 0.3) is 0 Å². The van der Waals surface area contributed by atoms with E-state index in [2.05, 4.69) is 9.82 Å². The number of rotatable bonds is 6. The van der Waals surface area contributed by atoms with Crippen molar-refractivity contribution < 1.29 is 12.8 Å². The molecule has 0 aliphatic carbocycles. The van der Waals surface area contributed by atoms with Gasteiger partial charge in [0.15, 0.2) is 0 Å². The lowest BCUT2D eigenvalue weighted by Gasteiger charge is -2.04. The summed E-state index contributed by atoms with van der Waals surface area (Å²) < 4.78 is 33.7. The Labute approximate surface area is 126 Å². The Hall–Kier alpha value is -1.90. The van der Waals surface area contributed by atoms with Gasteiger partial charge in [-0.05, 0) is 23.6 Å². The highest BCUT2D eigenvalue weighted by molar-refractivity contribution is 7.91. The van der Waals surface area contributed by atoms with Gasteiger partial charge in [-0.2, -0.15) is 5.10 Å². The molecule has 0 saturated carbocycles. The minimum atomic E-state index is -3.41. The van der Waals surface area contributed by atoms with Gasteiger partial charge in [0.05, 0.1) is 24.6 Å². The van der Waals surface area contributed by atoms with E-state index in [4.69, 9.17) is 4.42 Å². The van der Waals surface area contributed by atoms with Crippen LogP contribution in [-0.2, 0) is 16.6 Å². The number of aromatic nitrogens is 2. The van der Waals surface area contributed by atoms with Gasteiger partial charge in [0.1, 0.15) is 9.97 Å². The highest BCUT2D eigenvalue weighted by Gasteiger charge is 2.14. The summed E-state index contributed by atoms with van der Waals surface area (Å²) in [6, 6.07) is 6.95. The Kier molecular flexibility index (Phi) is 3.91. The molecule has 0 radical (unpaired) electrons. The molecule has 0 saturated heterocycles. The minimum Gasteiger partial charge on any atom is -0.464 e. The number of furan rings is 1. The highest BCUT2D eigenvalue weighted by atomic mass is 32.2. The van der Waals surface area contributed by atoms with E-state index in [0.29, 0.717) is 10.8 Å². The van der Waals surface area contributed by atoms with E-state index in [1.54, 1.807) is 34.7 Å². The van der Waals surface area contributed by atoms with Crippen LogP contribution >= 0.6 is 11.3 Å². The van der Waals surface area contributed by atoms with Crippen molar-refractivity contribution in [1.29, 1.82) is 0 Å². The molecule has 0 atom stereocenters. The third-order valence-corrected chi connectivity index (χ3v) is 5.69. The first-order valence-electron chi connectivity index (χ1n) is 6.25. The van der Waals surface area contributed by atoms with E-state index in [0.717, 1.165) is 11.3 Å². The summed E-state index contributed by atoms with van der Waals surface area (Å²) in [5.74, 6) is 0.736. The lowest BCUT2D eigenvalue weighted by atomic mass is 10.3. The first-order valence-corrected chi connectivity index (χ1v) is 8.61. The summed E-state index contributed by atoms with van der Waals surface area (Å²) in [7, 11) is -3.41. The largest absolute Gasteiger partial charge is 0.464 e. The molecule has 0 fully saturated rings. The molecule has 3 heterocycles. The molecule has 0 aromatic carbocycles. The van der Waals surface area contributed by atoms with Crippen molar-refractivity contribution in [2.24, 2.45) is 0 Å². The molecule has 0 aliphatic heterocycles. The third-order valence-electron chi connectivity index (χ3n) is 2.83. The van der Waals surface area contributed by atoms with Gasteiger partial charge >= 0.3 is 0 Å². The second-order valence-corrected chi connectivity index (χ2v) is 7.24. The molecule has 0 spiro atoms. The first-order chi connectivity index (χ1) is 10.1. The summed E-state index contributed by atoms with van der Waals surface area (Å²) in [4.78, 5) is 0. The van der Waals surface area contributed by atoms with Crippen molar-refractivity contribution in [3.8, 4) is 11.3 Å². The maximum absolute atomic E-state index is 11.9. The number of hydrogen-bond acceptors (Lipinski definition) is 5. The van der Waals surface area contributed by atoms with Crippen LogP contribution in [-0.4, -0.2) is 24.7 Å². The van der Waals surface area contributed by atoms with Crippen molar-refractivity contribution in [2.45, 2.75) is 10.8 Å². The molecule has 21 heavy (non-hydrogen) atoms. The molecule has 6 nitrogen and oxygen atoms in total. The van der Waals surface area contributed by atoms with E-state index < -0.39 is 10.0 Å². The molecule has 0 amide bonds. The Bertz CT molecular complexity index is 790. The molecule has 0 unspecified atom stereocenters. The van der Waals surface area contributed by atoms with Gasteiger partial charge in [-0.3, -0.25) is 4.68 Å². The van der Waals surface area contributed by atoms with Gasteiger partial charge < -0.3 is 4.42 Å². The fourth-order valence-corrected chi connectivity index (χ4v) is 3.90. The molecule has 3 aromatic heterocycles. The van der Waals surface area contributed by atoms with Crippen molar-refractivity contribution in [1.82, 2.24) is 14.5 Å². The molecule has 3 aromatic rings. The minimum absolute atomic E-state index is 0.277. The van der Waals surface area contributed by atoms with Gasteiger partial charge in [0.2, 0.25) is 10.0 Å². The molecule has 110 valence electrons. The lowest BCUT2D eigenvalue weighted by molar-refractivity contribution is 0.562. The number of sulfonamides is 1. The monoisotopic (exact) mass is 323 g/mol. The molecule has 8 heteroatoms. The topological polar surface area (TPSA) is 77.1 Å². The molecule has 0 bridgehead atoms. The summed E-state index contributed by atoms with van der Waals surface area (Å²) in [5.41, 5.74) is 0.862. The van der Waals surface area contributed by atoms with Crippen LogP contribution < -0.4 is 4.72 Å². The average Bonchev–Trinajstić information content (AvgIpc) is 3.20. The van der Waals surface area contributed by atoms with Crippen LogP contribution in [0, 0.1) is 0 Å². The second-order valence-electron chi connectivity index (χ2n) is 4.30. The maximum atomic E-state index is 11.9. The van der Waals surface area contributed by atoms with Gasteiger partial charge in [0, 0.05) is 12.7 Å². The van der Waals surface area contributed by atoms with Crippen LogP contribution in [0.25, 0.3) is 11.3 Å². The summed E-state index contributed by atoms with van der Waals surface area (Å²) in [5, 5.41) is 5.91. The molecular weight excluding hydrogens is 310 g/mol. The smallest absolute Gasteiger partial charge is 0.250 e. The van der Waals surface area contributed by atoms with Gasteiger partial charge in [-0.25, -0.2) is 13.1 Å². The third kappa shape index (κ3) is 3.23. The molecule has 3 rings (SSSR count). The standard InChI is InChI=1S/C13H13N3O3S2/c17-21(18,13-4-2-8-20-13)15-5-6-16-10-11(9-14-16)12-3-1-7-19-12/h1-4,7-10,15H,5-6H2. The van der Waals surface area contributed by atoms with E-state index in [9.17, 15) is 8.42 Å². The zero-order chi connectivity index (χ0) is 14.7. The van der Waals surface area contributed by atoms with Crippen molar-refractivity contribution in [3.05, 3.63) is 48.3 Å². The van der Waals surface area contributed by atoms with Crippen LogP contribution in [0.15, 0.2) is 56.9 Å². The van der Waals surface area contributed by atoms with Gasteiger partial charge in [-0.15, -0.1) is 11.3 Å². The van der Waals surface area contributed by atoms with Crippen molar-refractivity contribution in [2.75, 3.05) is 6.54 Å². The number of hydrogen-bond donors (Lipinski definition) is 1. The average molecular weight is 323 g/mol. The lowest BCUT2D eigenvalue weighted by Crippen LogP contribution is -2.26. The molecule has 1 N–H and O–H groups in total. The van der Waals surface area contributed by atoms with Crippen LogP contribution in [0.2, 0.25) is 0 Å². The van der Waals surface area contributed by atoms with Crippen LogP contribution in [0.3, 0.4) is 0 Å². The molecule has 0 aliphatic rings. The Morgan fingerprint density at radius 1 is 1.33 bits per heavy atom. The van der Waals surface area contributed by atoms with Crippen LogP contribution in [0.4, 0.5) is 0 Å². The molecular formula is C13H13N3O3S2. The fraction of sp³-hybridized carbons (Fsp3) is 0.154. The normalized spacial score (nSPS) is 11.8. The van der Waals surface area contributed by atoms with E-state index >= 15 is 0 Å². The summed E-state index contributed by atoms with van der Waals surface area (Å²) >= 11 is 1.19. The van der Waals surface area contributed by atoms with Crippen molar-refractivity contribution >= 4 is 21.4 Å². The number of thiophene rings is 1. The zero-order valence-electron chi connectivity index (χ0n) is 11.0. The maximum Gasteiger partial charge on any atom is 0.250 e. The van der Waals surface area contributed by atoms with Crippen LogP contribution in [0.1, 0.15) is 0 Å². The predicted octanol–water partition coefficient (Wildman–Crippen LogP) is 2.18. The Morgan fingerprint density at radius 3 is 2.95 bits per heavy atom. The number of nitrogens with zero attached hydrogens (tertiary/aromatic N) is 2. The van der Waals surface area contributed by atoms with E-state index in [-0.39, 0.29) is 6.54 Å². The van der Waals surface area contributed by atoms with Crippen molar-refractivity contribution in [3.63, 3.8) is 0 Å². The fourth-order valence-electron chi connectivity index (χ4n) is 1.84. The second kappa shape index (κ2) is 5.84. The first kappa shape index (κ1) is 14.1. The quantitative estimate of drug-likeness (QED) is 0.754. The Morgan fingerprint density at radius 2 is 2.24 bits per heavy atom. The summed E-state index contributed by atoms with van der Waals surface area (Å²) in [6.07, 6.45) is 5.10. The zero-order valence-corrected chi connectivity index (χ0v) is 12.6. The van der Waals surface area contributed by atoms with E-state index in [1.807, 2.05) is 18.3 Å². The summed E-state index contributed by atoms with van der Waals surface area (Å²) in [6.45, 7) is 0.727. The Balaban J connectivity index is 1.59. The highest BCUT2D eigenvalue weighted by Crippen LogP contribution is 2.18. The number of nitrogens with one attached hydrogen (secondary N) is 1.